The highest BCUT2D eigenvalue weighted by atomic mass is 35.5. The van der Waals surface area contributed by atoms with Crippen molar-refractivity contribution in [2.45, 2.75) is 44.6 Å². The number of nitrogens with one attached hydrogen (secondary N) is 2. The number of carbonyl (C=O) groups excluding carboxylic acids is 2. The molecule has 2 amide bonds. The predicted octanol–water partition coefficient (Wildman–Crippen LogP) is 2.63. The van der Waals surface area contributed by atoms with E-state index in [0.29, 0.717) is 5.02 Å². The van der Waals surface area contributed by atoms with E-state index in [9.17, 15) is 9.59 Å². The van der Waals surface area contributed by atoms with Gasteiger partial charge in [0.15, 0.2) is 0 Å². The maximum absolute atomic E-state index is 11.8. The molecule has 5 nitrogen and oxygen atoms in total. The first kappa shape index (κ1) is 16.5. The molecule has 0 atom stereocenters. The summed E-state index contributed by atoms with van der Waals surface area (Å²) < 4.78 is 0. The van der Waals surface area contributed by atoms with Gasteiger partial charge in [-0.25, -0.2) is 5.43 Å². The SMILES string of the molecule is O=C(CC(=O)NC1CCCCC1)N/N=C/c1cccc(Cl)c1. The molecule has 0 bridgehead atoms. The molecular weight excluding hydrogens is 302 g/mol. The van der Waals surface area contributed by atoms with Gasteiger partial charge in [-0.2, -0.15) is 5.10 Å². The van der Waals surface area contributed by atoms with Crippen LogP contribution in [0.15, 0.2) is 29.4 Å². The largest absolute Gasteiger partial charge is 0.353 e. The normalized spacial score (nSPS) is 15.7. The van der Waals surface area contributed by atoms with E-state index < -0.39 is 5.91 Å². The number of amides is 2. The van der Waals surface area contributed by atoms with Crippen LogP contribution in [-0.2, 0) is 9.59 Å². The Kier molecular flexibility index (Phi) is 6.40. The highest BCUT2D eigenvalue weighted by Crippen LogP contribution is 2.17. The van der Waals surface area contributed by atoms with Crippen molar-refractivity contribution in [2.24, 2.45) is 5.10 Å². The summed E-state index contributed by atoms with van der Waals surface area (Å²) in [5.41, 5.74) is 3.12. The number of rotatable bonds is 5. The molecule has 1 aliphatic carbocycles. The number of nitrogens with zero attached hydrogens (tertiary/aromatic N) is 1. The van der Waals surface area contributed by atoms with Gasteiger partial charge in [-0.05, 0) is 30.5 Å². The summed E-state index contributed by atoms with van der Waals surface area (Å²) in [6, 6.07) is 7.31. The molecule has 2 rings (SSSR count). The molecule has 1 aromatic rings. The van der Waals surface area contributed by atoms with Gasteiger partial charge in [0.05, 0.1) is 6.21 Å². The molecule has 22 heavy (non-hydrogen) atoms. The third kappa shape index (κ3) is 5.85. The number of hydrogen-bond donors (Lipinski definition) is 2. The summed E-state index contributed by atoms with van der Waals surface area (Å²) in [5.74, 6) is -0.672. The molecular formula is C16H20ClN3O2. The highest BCUT2D eigenvalue weighted by molar-refractivity contribution is 6.30. The van der Waals surface area contributed by atoms with Gasteiger partial charge in [0.1, 0.15) is 6.42 Å². The topological polar surface area (TPSA) is 70.6 Å². The van der Waals surface area contributed by atoms with Gasteiger partial charge in [0.2, 0.25) is 11.8 Å². The second kappa shape index (κ2) is 8.54. The quantitative estimate of drug-likeness (QED) is 0.497. The van der Waals surface area contributed by atoms with Crippen LogP contribution in [0.4, 0.5) is 0 Å². The van der Waals surface area contributed by atoms with Gasteiger partial charge in [-0.1, -0.05) is 43.0 Å². The van der Waals surface area contributed by atoms with Crippen molar-refractivity contribution in [1.82, 2.24) is 10.7 Å². The van der Waals surface area contributed by atoms with Crippen LogP contribution in [0.25, 0.3) is 0 Å². The monoisotopic (exact) mass is 321 g/mol. The van der Waals surface area contributed by atoms with Crippen LogP contribution < -0.4 is 10.7 Å². The number of benzene rings is 1. The van der Waals surface area contributed by atoms with Crippen molar-refractivity contribution in [3.63, 3.8) is 0 Å². The van der Waals surface area contributed by atoms with E-state index in [1.54, 1.807) is 18.2 Å². The predicted molar refractivity (Wildman–Crippen MR) is 86.8 cm³/mol. The third-order valence-corrected chi connectivity index (χ3v) is 3.78. The molecule has 0 saturated heterocycles. The van der Waals surface area contributed by atoms with E-state index in [1.807, 2.05) is 6.07 Å². The second-order valence-electron chi connectivity index (χ2n) is 5.43. The number of hydrazone groups is 1. The third-order valence-electron chi connectivity index (χ3n) is 3.54. The Labute approximate surface area is 135 Å². The van der Waals surface area contributed by atoms with Crippen LogP contribution in [0.5, 0.6) is 0 Å². The molecule has 118 valence electrons. The van der Waals surface area contributed by atoms with Crippen LogP contribution in [-0.4, -0.2) is 24.1 Å². The molecule has 0 aromatic heterocycles. The molecule has 1 fully saturated rings. The zero-order chi connectivity index (χ0) is 15.8. The summed E-state index contributed by atoms with van der Waals surface area (Å²) in [5, 5.41) is 7.31. The summed E-state index contributed by atoms with van der Waals surface area (Å²) in [7, 11) is 0. The standard InChI is InChI=1S/C16H20ClN3O2/c17-13-6-4-5-12(9-13)11-18-20-16(22)10-15(21)19-14-7-2-1-3-8-14/h4-6,9,11,14H,1-3,7-8,10H2,(H,19,21)(H,20,22)/b18-11+. The van der Waals surface area contributed by atoms with Gasteiger partial charge >= 0.3 is 0 Å². The van der Waals surface area contributed by atoms with Crippen molar-refractivity contribution in [3.05, 3.63) is 34.9 Å². The van der Waals surface area contributed by atoms with Crippen LogP contribution in [0.1, 0.15) is 44.1 Å². The Bertz CT molecular complexity index is 554. The van der Waals surface area contributed by atoms with Crippen molar-refractivity contribution >= 4 is 29.6 Å². The van der Waals surface area contributed by atoms with Crippen LogP contribution in [0, 0.1) is 0 Å². The average Bonchev–Trinajstić information content (AvgIpc) is 2.48. The molecule has 1 aliphatic rings. The molecule has 0 spiro atoms. The number of halogens is 1. The first-order chi connectivity index (χ1) is 10.6. The minimum atomic E-state index is -0.424. The van der Waals surface area contributed by atoms with E-state index >= 15 is 0 Å². The Morgan fingerprint density at radius 2 is 2.00 bits per heavy atom. The molecule has 6 heteroatoms. The van der Waals surface area contributed by atoms with Crippen LogP contribution in [0.3, 0.4) is 0 Å². The zero-order valence-corrected chi connectivity index (χ0v) is 13.1. The summed E-state index contributed by atoms with van der Waals surface area (Å²) in [6.07, 6.45) is 6.79. The fourth-order valence-corrected chi connectivity index (χ4v) is 2.68. The van der Waals surface area contributed by atoms with Crippen molar-refractivity contribution in [1.29, 1.82) is 0 Å². The summed E-state index contributed by atoms with van der Waals surface area (Å²) >= 11 is 5.85. The first-order valence-electron chi connectivity index (χ1n) is 7.50. The van der Waals surface area contributed by atoms with Crippen molar-refractivity contribution in [3.8, 4) is 0 Å². The maximum atomic E-state index is 11.8. The van der Waals surface area contributed by atoms with E-state index in [2.05, 4.69) is 15.8 Å². The van der Waals surface area contributed by atoms with Crippen LogP contribution >= 0.6 is 11.6 Å². The van der Waals surface area contributed by atoms with E-state index in [-0.39, 0.29) is 18.4 Å². The molecule has 0 unspecified atom stereocenters. The fourth-order valence-electron chi connectivity index (χ4n) is 2.48. The molecule has 0 aliphatic heterocycles. The molecule has 1 aromatic carbocycles. The summed E-state index contributed by atoms with van der Waals surface area (Å²) in [4.78, 5) is 23.4. The van der Waals surface area contributed by atoms with Gasteiger partial charge in [0.25, 0.3) is 0 Å². The number of hydrogen-bond acceptors (Lipinski definition) is 3. The second-order valence-corrected chi connectivity index (χ2v) is 5.86. The molecule has 1 saturated carbocycles. The average molecular weight is 322 g/mol. The Morgan fingerprint density at radius 3 is 2.73 bits per heavy atom. The Morgan fingerprint density at radius 1 is 1.23 bits per heavy atom. The smallest absolute Gasteiger partial charge is 0.249 e. The number of carbonyl (C=O) groups is 2. The lowest BCUT2D eigenvalue weighted by Crippen LogP contribution is -2.38. The maximum Gasteiger partial charge on any atom is 0.249 e. The Hall–Kier alpha value is -1.88. The minimum Gasteiger partial charge on any atom is -0.353 e. The highest BCUT2D eigenvalue weighted by Gasteiger charge is 2.17. The van der Waals surface area contributed by atoms with Gasteiger partial charge in [0, 0.05) is 11.1 Å². The lowest BCUT2D eigenvalue weighted by molar-refractivity contribution is -0.129. The lowest BCUT2D eigenvalue weighted by atomic mass is 9.95. The Balaban J connectivity index is 1.71. The van der Waals surface area contributed by atoms with Gasteiger partial charge in [-0.15, -0.1) is 0 Å². The molecule has 2 N–H and O–H groups in total. The fraction of sp³-hybridized carbons (Fsp3) is 0.438. The van der Waals surface area contributed by atoms with E-state index in [4.69, 9.17) is 11.6 Å². The molecule has 0 radical (unpaired) electrons. The zero-order valence-electron chi connectivity index (χ0n) is 12.3. The van der Waals surface area contributed by atoms with E-state index in [1.165, 1.54) is 12.6 Å². The van der Waals surface area contributed by atoms with Crippen LogP contribution in [0.2, 0.25) is 5.02 Å². The van der Waals surface area contributed by atoms with E-state index in [0.717, 1.165) is 31.2 Å². The van der Waals surface area contributed by atoms with Gasteiger partial charge in [-0.3, -0.25) is 9.59 Å². The first-order valence-corrected chi connectivity index (χ1v) is 7.88. The van der Waals surface area contributed by atoms with Gasteiger partial charge < -0.3 is 5.32 Å². The van der Waals surface area contributed by atoms with Crippen molar-refractivity contribution in [2.75, 3.05) is 0 Å². The minimum absolute atomic E-state index is 0.205. The molecule has 0 heterocycles. The lowest BCUT2D eigenvalue weighted by Gasteiger charge is -2.22. The van der Waals surface area contributed by atoms with Crippen molar-refractivity contribution < 1.29 is 9.59 Å². The summed E-state index contributed by atoms with van der Waals surface area (Å²) in [6.45, 7) is 0.